The molecule has 2 aromatic carbocycles. The Bertz CT molecular complexity index is 656. The van der Waals surface area contributed by atoms with Crippen LogP contribution >= 0.6 is 11.6 Å². The average Bonchev–Trinajstić information content (AvgIpc) is 2.41. The third kappa shape index (κ3) is 3.03. The summed E-state index contributed by atoms with van der Waals surface area (Å²) in [6.07, 6.45) is 0. The number of anilines is 2. The molecule has 0 fully saturated rings. The van der Waals surface area contributed by atoms with Crippen LogP contribution in [-0.2, 0) is 0 Å². The van der Waals surface area contributed by atoms with Crippen molar-refractivity contribution in [1.29, 1.82) is 0 Å². The van der Waals surface area contributed by atoms with Crippen LogP contribution in [0.3, 0.4) is 0 Å². The Morgan fingerprint density at radius 3 is 2.70 bits per heavy atom. The summed E-state index contributed by atoms with van der Waals surface area (Å²) in [4.78, 5) is 12.3. The standard InChI is InChI=1S/C15H15ClN2O2/c1-9-3-5-11(17)8-12(9)15(19)18-13-7-10(16)4-6-14(13)20-2/h3-8H,17H2,1-2H3,(H,18,19). The van der Waals surface area contributed by atoms with Crippen LogP contribution in [0.2, 0.25) is 5.02 Å². The Hall–Kier alpha value is -2.20. The van der Waals surface area contributed by atoms with E-state index in [2.05, 4.69) is 5.32 Å². The lowest BCUT2D eigenvalue weighted by Crippen LogP contribution is -2.14. The first-order valence-corrected chi connectivity index (χ1v) is 6.40. The van der Waals surface area contributed by atoms with Crippen LogP contribution in [0.4, 0.5) is 11.4 Å². The largest absolute Gasteiger partial charge is 0.495 e. The molecule has 0 saturated heterocycles. The number of hydrogen-bond acceptors (Lipinski definition) is 3. The average molecular weight is 291 g/mol. The smallest absolute Gasteiger partial charge is 0.256 e. The molecule has 0 bridgehead atoms. The molecular weight excluding hydrogens is 276 g/mol. The molecule has 5 heteroatoms. The summed E-state index contributed by atoms with van der Waals surface area (Å²) in [6, 6.07) is 10.2. The maximum atomic E-state index is 12.3. The highest BCUT2D eigenvalue weighted by atomic mass is 35.5. The normalized spacial score (nSPS) is 10.2. The van der Waals surface area contributed by atoms with Crippen molar-refractivity contribution in [3.05, 3.63) is 52.5 Å². The fraction of sp³-hybridized carbons (Fsp3) is 0.133. The van der Waals surface area contributed by atoms with Gasteiger partial charge in [-0.2, -0.15) is 0 Å². The molecule has 0 aliphatic rings. The number of nitrogens with two attached hydrogens (primary N) is 1. The summed E-state index contributed by atoms with van der Waals surface area (Å²) in [5, 5.41) is 3.30. The summed E-state index contributed by atoms with van der Waals surface area (Å²) < 4.78 is 5.19. The molecule has 0 radical (unpaired) electrons. The maximum absolute atomic E-state index is 12.3. The van der Waals surface area contributed by atoms with Crippen molar-refractivity contribution >= 4 is 28.9 Å². The summed E-state index contributed by atoms with van der Waals surface area (Å²) in [5.74, 6) is 0.291. The molecule has 3 N–H and O–H groups in total. The summed E-state index contributed by atoms with van der Waals surface area (Å²) in [7, 11) is 1.53. The summed E-state index contributed by atoms with van der Waals surface area (Å²) in [6.45, 7) is 1.85. The molecule has 20 heavy (non-hydrogen) atoms. The van der Waals surface area contributed by atoms with Gasteiger partial charge in [-0.15, -0.1) is 0 Å². The van der Waals surface area contributed by atoms with Crippen molar-refractivity contribution in [2.45, 2.75) is 6.92 Å². The van der Waals surface area contributed by atoms with Crippen molar-refractivity contribution in [2.75, 3.05) is 18.2 Å². The number of ether oxygens (including phenoxy) is 1. The van der Waals surface area contributed by atoms with Gasteiger partial charge in [-0.25, -0.2) is 0 Å². The molecule has 0 atom stereocenters. The van der Waals surface area contributed by atoms with Gasteiger partial charge in [0.1, 0.15) is 5.75 Å². The van der Waals surface area contributed by atoms with Gasteiger partial charge in [0.2, 0.25) is 0 Å². The Balaban J connectivity index is 2.32. The van der Waals surface area contributed by atoms with Crippen molar-refractivity contribution in [1.82, 2.24) is 0 Å². The number of carbonyl (C=O) groups excluding carboxylic acids is 1. The second-order valence-electron chi connectivity index (χ2n) is 4.37. The van der Waals surface area contributed by atoms with Gasteiger partial charge in [-0.05, 0) is 42.8 Å². The lowest BCUT2D eigenvalue weighted by atomic mass is 10.1. The maximum Gasteiger partial charge on any atom is 0.256 e. The molecule has 0 unspecified atom stereocenters. The Morgan fingerprint density at radius 1 is 1.25 bits per heavy atom. The Kier molecular flexibility index (Phi) is 4.15. The molecule has 104 valence electrons. The Labute approximate surface area is 122 Å². The number of benzene rings is 2. The fourth-order valence-corrected chi connectivity index (χ4v) is 2.02. The minimum Gasteiger partial charge on any atom is -0.495 e. The number of carbonyl (C=O) groups is 1. The van der Waals surface area contributed by atoms with Crippen LogP contribution in [0.15, 0.2) is 36.4 Å². The molecule has 0 spiro atoms. The number of hydrogen-bond donors (Lipinski definition) is 2. The van der Waals surface area contributed by atoms with E-state index in [9.17, 15) is 4.79 Å². The van der Waals surface area contributed by atoms with E-state index in [1.54, 1.807) is 36.4 Å². The lowest BCUT2D eigenvalue weighted by molar-refractivity contribution is 0.102. The van der Waals surface area contributed by atoms with E-state index in [4.69, 9.17) is 22.1 Å². The second kappa shape index (κ2) is 5.84. The van der Waals surface area contributed by atoms with E-state index < -0.39 is 0 Å². The van der Waals surface area contributed by atoms with E-state index in [-0.39, 0.29) is 5.91 Å². The van der Waals surface area contributed by atoms with E-state index in [0.717, 1.165) is 5.56 Å². The van der Waals surface area contributed by atoms with Crippen molar-refractivity contribution in [3.8, 4) is 5.75 Å². The molecule has 0 aliphatic heterocycles. The molecule has 4 nitrogen and oxygen atoms in total. The lowest BCUT2D eigenvalue weighted by Gasteiger charge is -2.12. The first-order chi connectivity index (χ1) is 9.51. The van der Waals surface area contributed by atoms with Gasteiger partial charge < -0.3 is 15.8 Å². The molecular formula is C15H15ClN2O2. The number of nitrogens with one attached hydrogen (secondary N) is 1. The van der Waals surface area contributed by atoms with Crippen molar-refractivity contribution in [3.63, 3.8) is 0 Å². The summed E-state index contributed by atoms with van der Waals surface area (Å²) in [5.41, 5.74) is 8.14. The van der Waals surface area contributed by atoms with Crippen LogP contribution in [0.5, 0.6) is 5.75 Å². The van der Waals surface area contributed by atoms with Crippen molar-refractivity contribution in [2.24, 2.45) is 0 Å². The molecule has 0 aromatic heterocycles. The molecule has 0 aliphatic carbocycles. The zero-order chi connectivity index (χ0) is 14.7. The van der Waals surface area contributed by atoms with E-state index in [0.29, 0.717) is 27.7 Å². The molecule has 2 rings (SSSR count). The van der Waals surface area contributed by atoms with Crippen LogP contribution in [0.1, 0.15) is 15.9 Å². The molecule has 0 saturated carbocycles. The monoisotopic (exact) mass is 290 g/mol. The van der Waals surface area contributed by atoms with Gasteiger partial charge in [0, 0.05) is 16.3 Å². The second-order valence-corrected chi connectivity index (χ2v) is 4.81. The first kappa shape index (κ1) is 14.2. The zero-order valence-corrected chi connectivity index (χ0v) is 12.0. The van der Waals surface area contributed by atoms with Gasteiger partial charge in [0.05, 0.1) is 12.8 Å². The van der Waals surface area contributed by atoms with Crippen LogP contribution in [0, 0.1) is 6.92 Å². The minimum absolute atomic E-state index is 0.254. The zero-order valence-electron chi connectivity index (χ0n) is 11.2. The molecule has 1 amide bonds. The van der Waals surface area contributed by atoms with Gasteiger partial charge in [0.15, 0.2) is 0 Å². The van der Waals surface area contributed by atoms with Crippen LogP contribution < -0.4 is 15.8 Å². The SMILES string of the molecule is COc1ccc(Cl)cc1NC(=O)c1cc(N)ccc1C. The third-order valence-electron chi connectivity index (χ3n) is 2.92. The number of amides is 1. The minimum atomic E-state index is -0.254. The number of aryl methyl sites for hydroxylation is 1. The first-order valence-electron chi connectivity index (χ1n) is 6.02. The topological polar surface area (TPSA) is 64.3 Å². The van der Waals surface area contributed by atoms with E-state index in [1.807, 2.05) is 6.92 Å². The van der Waals surface area contributed by atoms with Crippen molar-refractivity contribution < 1.29 is 9.53 Å². The summed E-state index contributed by atoms with van der Waals surface area (Å²) >= 11 is 5.93. The van der Waals surface area contributed by atoms with Crippen LogP contribution in [-0.4, -0.2) is 13.0 Å². The highest BCUT2D eigenvalue weighted by Gasteiger charge is 2.12. The number of halogens is 1. The Morgan fingerprint density at radius 2 is 2.00 bits per heavy atom. The molecule has 2 aromatic rings. The number of methoxy groups -OCH3 is 1. The third-order valence-corrected chi connectivity index (χ3v) is 3.15. The predicted octanol–water partition coefficient (Wildman–Crippen LogP) is 3.49. The van der Waals surface area contributed by atoms with E-state index in [1.165, 1.54) is 7.11 Å². The highest BCUT2D eigenvalue weighted by molar-refractivity contribution is 6.31. The fourth-order valence-electron chi connectivity index (χ4n) is 1.85. The number of nitrogen functional groups attached to an aromatic ring is 1. The van der Waals surface area contributed by atoms with Crippen LogP contribution in [0.25, 0.3) is 0 Å². The highest BCUT2D eigenvalue weighted by Crippen LogP contribution is 2.28. The van der Waals surface area contributed by atoms with Gasteiger partial charge >= 0.3 is 0 Å². The van der Waals surface area contributed by atoms with Gasteiger partial charge in [0.25, 0.3) is 5.91 Å². The number of rotatable bonds is 3. The van der Waals surface area contributed by atoms with Gasteiger partial charge in [-0.1, -0.05) is 17.7 Å². The quantitative estimate of drug-likeness (QED) is 0.851. The predicted molar refractivity (Wildman–Crippen MR) is 81.5 cm³/mol. The molecule has 0 heterocycles. The van der Waals surface area contributed by atoms with E-state index >= 15 is 0 Å². The van der Waals surface area contributed by atoms with Gasteiger partial charge in [-0.3, -0.25) is 4.79 Å².